The van der Waals surface area contributed by atoms with Crippen molar-refractivity contribution in [2.75, 3.05) is 12.9 Å². The van der Waals surface area contributed by atoms with Crippen molar-refractivity contribution in [2.45, 2.75) is 76.8 Å². The van der Waals surface area contributed by atoms with Crippen molar-refractivity contribution in [3.8, 4) is 5.75 Å². The summed E-state index contributed by atoms with van der Waals surface area (Å²) in [5.41, 5.74) is 3.42. The summed E-state index contributed by atoms with van der Waals surface area (Å²) < 4.78 is 5.27. The summed E-state index contributed by atoms with van der Waals surface area (Å²) in [6, 6.07) is 15.8. The van der Waals surface area contributed by atoms with Crippen LogP contribution in [0.1, 0.15) is 62.1 Å². The Morgan fingerprint density at radius 2 is 1.82 bits per heavy atom. The maximum Gasteiger partial charge on any atom is 0.243 e. The molecule has 0 aromatic heterocycles. The van der Waals surface area contributed by atoms with Crippen LogP contribution in [0.3, 0.4) is 0 Å². The highest BCUT2D eigenvalue weighted by molar-refractivity contribution is 7.99. The Morgan fingerprint density at radius 3 is 2.47 bits per heavy atom. The minimum atomic E-state index is -0.476. The standard InChI is InChI=1S/C28H38N2O3S/c1-4-26(28(32)29-24-11-6-5-7-12-24)30(18-22-13-15-25(33-3)16-14-22)27(31)20-34-19-23-10-8-9-21(2)17-23/h8-10,13-17,24,26H,4-7,11-12,18-20H2,1-3H3,(H,29,32)/t26-/m1/s1. The molecule has 0 heterocycles. The van der Waals surface area contributed by atoms with Crippen LogP contribution in [0.25, 0.3) is 0 Å². The molecule has 3 rings (SSSR count). The van der Waals surface area contributed by atoms with E-state index in [4.69, 9.17) is 4.74 Å². The summed E-state index contributed by atoms with van der Waals surface area (Å²) in [4.78, 5) is 28.5. The zero-order chi connectivity index (χ0) is 24.3. The molecule has 0 spiro atoms. The van der Waals surface area contributed by atoms with Gasteiger partial charge in [0.1, 0.15) is 11.8 Å². The van der Waals surface area contributed by atoms with Crippen molar-refractivity contribution in [3.63, 3.8) is 0 Å². The van der Waals surface area contributed by atoms with E-state index in [1.54, 1.807) is 23.8 Å². The van der Waals surface area contributed by atoms with Gasteiger partial charge in [-0.15, -0.1) is 11.8 Å². The number of carbonyl (C=O) groups excluding carboxylic acids is 2. The quantitative estimate of drug-likeness (QED) is 0.460. The molecule has 2 aromatic carbocycles. The van der Waals surface area contributed by atoms with E-state index in [0.29, 0.717) is 18.7 Å². The molecule has 6 heteroatoms. The number of benzene rings is 2. The van der Waals surface area contributed by atoms with Crippen molar-refractivity contribution in [1.29, 1.82) is 0 Å². The average Bonchev–Trinajstić information content (AvgIpc) is 2.85. The van der Waals surface area contributed by atoms with Crippen LogP contribution in [0.5, 0.6) is 5.75 Å². The van der Waals surface area contributed by atoms with Crippen LogP contribution in [0.2, 0.25) is 0 Å². The smallest absolute Gasteiger partial charge is 0.243 e. The average molecular weight is 483 g/mol. The summed E-state index contributed by atoms with van der Waals surface area (Å²) in [5.74, 6) is 1.86. The Balaban J connectivity index is 1.70. The molecule has 1 aliphatic carbocycles. The fraction of sp³-hybridized carbons (Fsp3) is 0.500. The number of hydrogen-bond donors (Lipinski definition) is 1. The first kappa shape index (κ1) is 26.1. The van der Waals surface area contributed by atoms with Gasteiger partial charge in [0.25, 0.3) is 0 Å². The van der Waals surface area contributed by atoms with Crippen LogP contribution >= 0.6 is 11.8 Å². The van der Waals surface area contributed by atoms with Crippen LogP contribution in [-0.4, -0.2) is 41.7 Å². The van der Waals surface area contributed by atoms with Gasteiger partial charge in [-0.1, -0.05) is 68.1 Å². The number of methoxy groups -OCH3 is 1. The predicted octanol–water partition coefficient (Wildman–Crippen LogP) is 5.49. The van der Waals surface area contributed by atoms with E-state index in [9.17, 15) is 9.59 Å². The summed E-state index contributed by atoms with van der Waals surface area (Å²) in [5, 5.41) is 3.24. The SMILES string of the molecule is CC[C@H](C(=O)NC1CCCCC1)N(Cc1ccc(OC)cc1)C(=O)CSCc1cccc(C)c1. The van der Waals surface area contributed by atoms with E-state index < -0.39 is 6.04 Å². The lowest BCUT2D eigenvalue weighted by Crippen LogP contribution is -2.52. The molecule has 5 nitrogen and oxygen atoms in total. The first-order valence-corrected chi connectivity index (χ1v) is 13.5. The second-order valence-electron chi connectivity index (χ2n) is 9.12. The van der Waals surface area contributed by atoms with E-state index in [2.05, 4.69) is 30.4 Å². The molecule has 1 fully saturated rings. The topological polar surface area (TPSA) is 58.6 Å². The molecule has 1 saturated carbocycles. The van der Waals surface area contributed by atoms with Gasteiger partial charge < -0.3 is 15.0 Å². The molecule has 2 amide bonds. The molecule has 34 heavy (non-hydrogen) atoms. The fourth-order valence-electron chi connectivity index (χ4n) is 4.53. The highest BCUT2D eigenvalue weighted by Crippen LogP contribution is 2.21. The number of amides is 2. The lowest BCUT2D eigenvalue weighted by atomic mass is 9.95. The van der Waals surface area contributed by atoms with Crippen LogP contribution in [0.4, 0.5) is 0 Å². The molecule has 1 aliphatic rings. The molecule has 1 atom stereocenters. The van der Waals surface area contributed by atoms with Crippen LogP contribution in [-0.2, 0) is 21.9 Å². The number of nitrogens with one attached hydrogen (secondary N) is 1. The first-order chi connectivity index (χ1) is 16.5. The fourth-order valence-corrected chi connectivity index (χ4v) is 5.39. The third kappa shape index (κ3) is 7.79. The monoisotopic (exact) mass is 482 g/mol. The normalized spacial score (nSPS) is 14.9. The number of rotatable bonds is 11. The zero-order valence-electron chi connectivity index (χ0n) is 20.7. The minimum Gasteiger partial charge on any atom is -0.497 e. The van der Waals surface area contributed by atoms with Gasteiger partial charge in [0.2, 0.25) is 11.8 Å². The van der Waals surface area contributed by atoms with Crippen molar-refractivity contribution in [1.82, 2.24) is 10.2 Å². The van der Waals surface area contributed by atoms with E-state index in [1.807, 2.05) is 37.3 Å². The maximum atomic E-state index is 13.4. The molecular formula is C28H38N2O3S. The second-order valence-corrected chi connectivity index (χ2v) is 10.1. The van der Waals surface area contributed by atoms with Crippen molar-refractivity contribution < 1.29 is 14.3 Å². The van der Waals surface area contributed by atoms with E-state index in [-0.39, 0.29) is 17.9 Å². The number of thioether (sulfide) groups is 1. The van der Waals surface area contributed by atoms with Crippen LogP contribution < -0.4 is 10.1 Å². The highest BCUT2D eigenvalue weighted by Gasteiger charge is 2.30. The molecule has 2 aromatic rings. The largest absolute Gasteiger partial charge is 0.497 e. The molecular weight excluding hydrogens is 444 g/mol. The number of aryl methyl sites for hydroxylation is 1. The van der Waals surface area contributed by atoms with Crippen molar-refractivity contribution >= 4 is 23.6 Å². The Morgan fingerprint density at radius 1 is 1.09 bits per heavy atom. The van der Waals surface area contributed by atoms with Crippen molar-refractivity contribution in [2.24, 2.45) is 0 Å². The summed E-state index contributed by atoms with van der Waals surface area (Å²) >= 11 is 1.60. The van der Waals surface area contributed by atoms with Crippen molar-refractivity contribution in [3.05, 3.63) is 65.2 Å². The summed E-state index contributed by atoms with van der Waals surface area (Å²) in [7, 11) is 1.64. The molecule has 0 unspecified atom stereocenters. The summed E-state index contributed by atoms with van der Waals surface area (Å²) in [6.45, 7) is 4.47. The minimum absolute atomic E-state index is 0.000819. The summed E-state index contributed by atoms with van der Waals surface area (Å²) in [6.07, 6.45) is 6.20. The molecule has 0 bridgehead atoms. The third-order valence-corrected chi connectivity index (χ3v) is 7.41. The Bertz CT molecular complexity index is 926. The number of carbonyl (C=O) groups is 2. The Kier molecular flexibility index (Phi) is 10.3. The van der Waals surface area contributed by atoms with Gasteiger partial charge in [0.05, 0.1) is 12.9 Å². The lowest BCUT2D eigenvalue weighted by molar-refractivity contribution is -0.139. The van der Waals surface area contributed by atoms with Gasteiger partial charge in [0.15, 0.2) is 0 Å². The predicted molar refractivity (Wildman–Crippen MR) is 140 cm³/mol. The molecule has 1 N–H and O–H groups in total. The van der Waals surface area contributed by atoms with E-state index >= 15 is 0 Å². The lowest BCUT2D eigenvalue weighted by Gasteiger charge is -2.32. The number of hydrogen-bond acceptors (Lipinski definition) is 4. The zero-order valence-corrected chi connectivity index (χ0v) is 21.5. The maximum absolute atomic E-state index is 13.4. The molecule has 0 aliphatic heterocycles. The first-order valence-electron chi connectivity index (χ1n) is 12.4. The number of nitrogens with zero attached hydrogens (tertiary/aromatic N) is 1. The molecule has 0 saturated heterocycles. The highest BCUT2D eigenvalue weighted by atomic mass is 32.2. The Labute approximate surface area is 208 Å². The third-order valence-electron chi connectivity index (χ3n) is 6.43. The Hall–Kier alpha value is -2.47. The van der Waals surface area contributed by atoms with Gasteiger partial charge in [-0.25, -0.2) is 0 Å². The van der Waals surface area contributed by atoms with Gasteiger partial charge in [-0.3, -0.25) is 9.59 Å². The van der Waals surface area contributed by atoms with E-state index in [1.165, 1.54) is 17.5 Å². The van der Waals surface area contributed by atoms with Gasteiger partial charge in [0, 0.05) is 18.3 Å². The molecule has 0 radical (unpaired) electrons. The number of ether oxygens (including phenoxy) is 1. The van der Waals surface area contributed by atoms with Crippen LogP contribution in [0.15, 0.2) is 48.5 Å². The van der Waals surface area contributed by atoms with Gasteiger partial charge >= 0.3 is 0 Å². The van der Waals surface area contributed by atoms with Crippen LogP contribution in [0, 0.1) is 6.92 Å². The van der Waals surface area contributed by atoms with E-state index in [0.717, 1.165) is 42.7 Å². The molecule has 184 valence electrons. The van der Waals surface area contributed by atoms with Gasteiger partial charge in [-0.05, 0) is 49.4 Å². The van der Waals surface area contributed by atoms with Gasteiger partial charge in [-0.2, -0.15) is 0 Å². The second kappa shape index (κ2) is 13.4.